The zero-order chi connectivity index (χ0) is 40.2. The molecule has 0 aliphatic rings. The Morgan fingerprint density at radius 2 is 1.33 bits per heavy atom. The lowest BCUT2D eigenvalue weighted by molar-refractivity contribution is -0.396. The first-order valence-electron chi connectivity index (χ1n) is 18.0. The fourth-order valence-electron chi connectivity index (χ4n) is 5.47. The number of methoxy groups -OCH3 is 1. The molecule has 1 atom stereocenters. The van der Waals surface area contributed by atoms with Crippen molar-refractivity contribution in [3.63, 3.8) is 0 Å². The first-order chi connectivity index (χ1) is 23.7. The van der Waals surface area contributed by atoms with Crippen LogP contribution in [0.3, 0.4) is 0 Å². The molecule has 0 saturated carbocycles. The molecule has 0 amide bonds. The van der Waals surface area contributed by atoms with E-state index in [9.17, 15) is 39.5 Å². The molecule has 1 aromatic carbocycles. The number of allylic oxidation sites excluding steroid dienone is 1. The first-order valence-corrected chi connectivity index (χ1v) is 23.2. The zero-order valence-corrected chi connectivity index (χ0v) is 34.4. The number of ether oxygens (including phenoxy) is 2. The number of benzene rings is 1. The Balaban J connectivity index is 3.04. The van der Waals surface area contributed by atoms with Gasteiger partial charge in [0.25, 0.3) is 0 Å². The summed E-state index contributed by atoms with van der Waals surface area (Å²) in [6.07, 6.45) is -1.94. The van der Waals surface area contributed by atoms with Gasteiger partial charge in [0.05, 0.1) is 13.7 Å². The highest BCUT2D eigenvalue weighted by atomic mass is 28.4. The summed E-state index contributed by atoms with van der Waals surface area (Å²) in [6.45, 7) is 19.0. The predicted octanol–water partition coefficient (Wildman–Crippen LogP) is 13.2. The Bertz CT molecular complexity index is 1290. The van der Waals surface area contributed by atoms with Crippen molar-refractivity contribution in [1.82, 2.24) is 0 Å². The van der Waals surface area contributed by atoms with Crippen molar-refractivity contribution in [2.75, 3.05) is 13.7 Å². The zero-order valence-electron chi connectivity index (χ0n) is 32.4. The lowest BCUT2D eigenvalue weighted by Crippen LogP contribution is -2.60. The van der Waals surface area contributed by atoms with Gasteiger partial charge in [0, 0.05) is 13.0 Å². The molecule has 0 aliphatic carbocycles. The van der Waals surface area contributed by atoms with Crippen molar-refractivity contribution in [3.8, 4) is 17.2 Å². The van der Waals surface area contributed by atoms with Gasteiger partial charge >= 0.3 is 23.9 Å². The van der Waals surface area contributed by atoms with Crippen molar-refractivity contribution in [3.05, 3.63) is 42.0 Å². The van der Waals surface area contributed by atoms with E-state index in [1.54, 1.807) is 7.11 Å². The van der Waals surface area contributed by atoms with Crippen molar-refractivity contribution >= 4 is 16.4 Å². The summed E-state index contributed by atoms with van der Waals surface area (Å²) in [5.41, 5.74) is 4.02. The van der Waals surface area contributed by atoms with Crippen LogP contribution in [0.2, 0.25) is 35.3 Å². The molecule has 300 valence electrons. The van der Waals surface area contributed by atoms with Gasteiger partial charge in [-0.3, -0.25) is 0 Å². The van der Waals surface area contributed by atoms with Crippen LogP contribution in [0.25, 0.3) is 0 Å². The third kappa shape index (κ3) is 13.1. The highest BCUT2D eigenvalue weighted by Gasteiger charge is 2.81. The van der Waals surface area contributed by atoms with Crippen molar-refractivity contribution in [2.24, 2.45) is 0 Å². The summed E-state index contributed by atoms with van der Waals surface area (Å²) in [7, 11) is -3.68. The van der Waals surface area contributed by atoms with Crippen molar-refractivity contribution in [1.29, 1.82) is 0 Å². The lowest BCUT2D eigenvalue weighted by atomic mass is 10.00. The predicted molar refractivity (Wildman–Crippen MR) is 196 cm³/mol. The smallest absolute Gasteiger partial charge is 0.460 e. The minimum Gasteiger partial charge on any atom is -0.497 e. The normalized spacial score (nSPS) is 14.6. The summed E-state index contributed by atoms with van der Waals surface area (Å²) in [4.78, 5) is 0. The van der Waals surface area contributed by atoms with Gasteiger partial charge in [0.2, 0.25) is 0 Å². The maximum absolute atomic E-state index is 14.5. The number of rotatable bonds is 21. The lowest BCUT2D eigenvalue weighted by Gasteiger charge is -2.41. The van der Waals surface area contributed by atoms with Gasteiger partial charge < -0.3 is 13.9 Å². The Kier molecular flexibility index (Phi) is 18.1. The highest BCUT2D eigenvalue weighted by molar-refractivity contribution is 6.87. The van der Waals surface area contributed by atoms with Gasteiger partial charge in [-0.1, -0.05) is 98.5 Å². The molecule has 0 saturated heterocycles. The largest absolute Gasteiger partial charge is 0.497 e. The number of alkyl halides is 9. The molecule has 0 heterocycles. The van der Waals surface area contributed by atoms with Crippen LogP contribution < -0.4 is 4.74 Å². The monoisotopic (exact) mass is 790 g/mol. The second-order valence-corrected chi connectivity index (χ2v) is 25.6. The quantitative estimate of drug-likeness (QED) is 0.0408. The van der Waals surface area contributed by atoms with E-state index in [4.69, 9.17) is 13.9 Å². The number of hydrogen-bond acceptors (Lipinski definition) is 3. The van der Waals surface area contributed by atoms with Crippen molar-refractivity contribution < 1.29 is 53.4 Å². The molecule has 0 aliphatic heterocycles. The minimum absolute atomic E-state index is 0.0769. The highest BCUT2D eigenvalue weighted by Crippen LogP contribution is 2.55. The van der Waals surface area contributed by atoms with Gasteiger partial charge in [0.1, 0.15) is 19.9 Å². The van der Waals surface area contributed by atoms with Crippen molar-refractivity contribution in [2.45, 2.75) is 165 Å². The molecule has 1 aromatic rings. The molecular weight excluding hydrogens is 732 g/mol. The average molecular weight is 791 g/mol. The van der Waals surface area contributed by atoms with E-state index in [1.165, 1.54) is 0 Å². The average Bonchev–Trinajstić information content (AvgIpc) is 3.02. The minimum atomic E-state index is -6.90. The Morgan fingerprint density at radius 3 is 1.83 bits per heavy atom. The van der Waals surface area contributed by atoms with Crippen LogP contribution in [0.4, 0.5) is 39.5 Å². The number of halogens is 9. The SMILES string of the molecule is COc1ccc(COCCCCCC/C=C/[C@H](C#C[Si](C)(C)C(C)(C)C)O[Si](CCCC(F)(F)C(F)(F)C(F)(F)C(F)(F)F)(C(C)C)C(C)C)cc1. The first kappa shape index (κ1) is 48.1. The molecule has 0 spiro atoms. The molecule has 0 bridgehead atoms. The number of unbranched alkanes of at least 4 members (excludes halogenated alkanes) is 4. The van der Waals surface area contributed by atoms with E-state index in [-0.39, 0.29) is 22.2 Å². The van der Waals surface area contributed by atoms with E-state index in [0.717, 1.165) is 43.4 Å². The van der Waals surface area contributed by atoms with Crippen LogP contribution in [0.5, 0.6) is 5.75 Å². The van der Waals surface area contributed by atoms with Gasteiger partial charge in [-0.25, -0.2) is 0 Å². The Morgan fingerprint density at radius 1 is 0.769 bits per heavy atom. The molecule has 3 nitrogen and oxygen atoms in total. The maximum atomic E-state index is 14.5. The molecule has 52 heavy (non-hydrogen) atoms. The fraction of sp³-hybridized carbons (Fsp3) is 0.737. The van der Waals surface area contributed by atoms with Crippen LogP contribution in [0, 0.1) is 11.5 Å². The molecule has 0 radical (unpaired) electrons. The summed E-state index contributed by atoms with van der Waals surface area (Å²) in [6, 6.07) is 7.53. The van der Waals surface area contributed by atoms with E-state index in [0.29, 0.717) is 13.2 Å². The second kappa shape index (κ2) is 19.6. The number of hydrogen-bond donors (Lipinski definition) is 0. The van der Waals surface area contributed by atoms with Crippen LogP contribution in [0.1, 0.15) is 99.0 Å². The van der Waals surface area contributed by atoms with Crippen LogP contribution in [0.15, 0.2) is 36.4 Å². The Hall–Kier alpha value is -1.96. The third-order valence-corrected chi connectivity index (χ3v) is 20.4. The van der Waals surface area contributed by atoms with E-state index >= 15 is 0 Å². The molecular formula is C38H59F9O3Si2. The molecule has 14 heteroatoms. The van der Waals surface area contributed by atoms with Crippen LogP contribution >= 0.6 is 0 Å². The second-order valence-electron chi connectivity index (χ2n) is 15.7. The molecule has 1 rings (SSSR count). The van der Waals surface area contributed by atoms with Gasteiger partial charge in [-0.05, 0) is 71.6 Å². The summed E-state index contributed by atoms with van der Waals surface area (Å²) >= 11 is 0. The van der Waals surface area contributed by atoms with Gasteiger partial charge in [-0.15, -0.1) is 5.54 Å². The summed E-state index contributed by atoms with van der Waals surface area (Å²) in [5.74, 6) is -15.1. The van der Waals surface area contributed by atoms with E-state index in [1.807, 2.05) is 64.1 Å². The third-order valence-electron chi connectivity index (χ3n) is 10.1. The fourth-order valence-corrected chi connectivity index (χ4v) is 10.8. The topological polar surface area (TPSA) is 27.7 Å². The van der Waals surface area contributed by atoms with Crippen LogP contribution in [-0.2, 0) is 15.8 Å². The summed E-state index contributed by atoms with van der Waals surface area (Å²) < 4.78 is 140. The van der Waals surface area contributed by atoms with E-state index < -0.39 is 59.3 Å². The van der Waals surface area contributed by atoms with Gasteiger partial charge in [-0.2, -0.15) is 39.5 Å². The Labute approximate surface area is 307 Å². The van der Waals surface area contributed by atoms with Gasteiger partial charge in [0.15, 0.2) is 8.32 Å². The summed E-state index contributed by atoms with van der Waals surface area (Å²) in [5, 5.41) is -0.0769. The van der Waals surface area contributed by atoms with E-state index in [2.05, 4.69) is 45.3 Å². The molecule has 0 fully saturated rings. The standard InChI is InChI=1S/C38H59F9O3Si2/c1-29(2)52(30(3)4,26-17-24-35(39,40)36(41,42)37(43,44)38(45,46)47)50-33(23-27-51(9,10)34(5,6)7)18-15-13-11-12-14-16-25-49-28-31-19-21-32(48-8)22-20-31/h15,18-22,29-30,33H,11-14,16-17,24-26,28H2,1-10H3/b18-15+/t33-/m1/s1. The molecule has 0 aromatic heterocycles. The van der Waals surface area contributed by atoms with Crippen LogP contribution in [-0.4, -0.2) is 60.2 Å². The maximum Gasteiger partial charge on any atom is 0.460 e. The molecule has 0 N–H and O–H groups in total. The molecule has 0 unspecified atom stereocenters.